The zero-order valence-corrected chi connectivity index (χ0v) is 21.0. The zero-order chi connectivity index (χ0) is 18.2. The second-order valence-electron chi connectivity index (χ2n) is 6.96. The Kier molecular flexibility index (Phi) is 14.2. The second kappa shape index (κ2) is 14.8. The fourth-order valence-electron chi connectivity index (χ4n) is 3.23. The Hall–Kier alpha value is -1.14. The molecule has 0 radical (unpaired) electrons. The zero-order valence-electron chi connectivity index (χ0n) is 17.0. The molecule has 0 spiro atoms. The average molecular weight is 501 g/mol. The Morgan fingerprint density at radius 2 is 0.966 bits per heavy atom. The van der Waals surface area contributed by atoms with Gasteiger partial charge in [0.1, 0.15) is 0 Å². The van der Waals surface area contributed by atoms with Crippen molar-refractivity contribution in [1.82, 2.24) is 0 Å². The third-order valence-electron chi connectivity index (χ3n) is 4.58. The number of benzene rings is 2. The molecule has 4 rings (SSSR count). The summed E-state index contributed by atoms with van der Waals surface area (Å²) >= 11 is 0. The van der Waals surface area contributed by atoms with E-state index in [1.165, 1.54) is 33.4 Å². The van der Waals surface area contributed by atoms with Crippen LogP contribution in [0.5, 0.6) is 0 Å². The van der Waals surface area contributed by atoms with Gasteiger partial charge < -0.3 is 24.8 Å². The van der Waals surface area contributed by atoms with Crippen molar-refractivity contribution in [2.45, 2.75) is 39.5 Å². The summed E-state index contributed by atoms with van der Waals surface area (Å²) in [4.78, 5) is 0. The van der Waals surface area contributed by atoms with E-state index in [1.54, 1.807) is 0 Å². The smallest absolute Gasteiger partial charge is 1.00 e. The molecule has 0 bridgehead atoms. The first-order valence-corrected chi connectivity index (χ1v) is 9.34. The van der Waals surface area contributed by atoms with Gasteiger partial charge in [0.2, 0.25) is 0 Å². The Labute approximate surface area is 207 Å². The first-order valence-electron chi connectivity index (χ1n) is 9.34. The molecule has 148 valence electrons. The average Bonchev–Trinajstić information content (AvgIpc) is 3.25. The molecular formula is C26H26Cl2Zr. The van der Waals surface area contributed by atoms with Crippen LogP contribution in [0, 0.1) is 12.2 Å². The number of halogens is 2. The molecule has 2 aliphatic carbocycles. The standard InChI is InChI=1S/2C13H13.2ClH.Zr/c2*1-11-7-8-13(9-11)10-12-5-3-2-4-6-12;;;/h2*2-7H,8,10H2,1H3;2*1H;/q2*-1;;;+4/p-2. The molecule has 0 fully saturated rings. The molecular weight excluding hydrogens is 474 g/mol. The van der Waals surface area contributed by atoms with Gasteiger partial charge in [-0.2, -0.15) is 11.1 Å². The Bertz CT molecular complexity index is 773. The first-order chi connectivity index (χ1) is 12.7. The van der Waals surface area contributed by atoms with E-state index in [9.17, 15) is 0 Å². The number of rotatable bonds is 4. The number of hydrogen-bond acceptors (Lipinski definition) is 0. The van der Waals surface area contributed by atoms with Crippen molar-refractivity contribution in [2.75, 3.05) is 0 Å². The topological polar surface area (TPSA) is 0 Å². The molecule has 0 heterocycles. The molecule has 0 unspecified atom stereocenters. The Morgan fingerprint density at radius 1 is 0.621 bits per heavy atom. The van der Waals surface area contributed by atoms with Crippen LogP contribution in [-0.2, 0) is 39.0 Å². The van der Waals surface area contributed by atoms with E-state index in [4.69, 9.17) is 0 Å². The van der Waals surface area contributed by atoms with Crippen LogP contribution < -0.4 is 24.8 Å². The van der Waals surface area contributed by atoms with E-state index in [0.29, 0.717) is 0 Å². The first kappa shape index (κ1) is 27.9. The van der Waals surface area contributed by atoms with Crippen molar-refractivity contribution in [2.24, 2.45) is 0 Å². The van der Waals surface area contributed by atoms with Gasteiger partial charge in [0, 0.05) is 0 Å². The number of allylic oxidation sites excluding steroid dienone is 8. The van der Waals surface area contributed by atoms with E-state index in [-0.39, 0.29) is 51.0 Å². The number of hydrogen-bond donors (Lipinski definition) is 0. The van der Waals surface area contributed by atoms with E-state index in [0.717, 1.165) is 25.7 Å². The molecule has 0 N–H and O–H groups in total. The van der Waals surface area contributed by atoms with Crippen LogP contribution in [-0.4, -0.2) is 0 Å². The van der Waals surface area contributed by atoms with Gasteiger partial charge in [-0.15, -0.1) is 0 Å². The Balaban J connectivity index is 0.000000490. The van der Waals surface area contributed by atoms with Crippen molar-refractivity contribution >= 4 is 0 Å². The predicted octanol–water partition coefficient (Wildman–Crippen LogP) is 0.623. The van der Waals surface area contributed by atoms with Gasteiger partial charge in [-0.05, 0) is 24.0 Å². The third-order valence-corrected chi connectivity index (χ3v) is 4.58. The Morgan fingerprint density at radius 3 is 1.24 bits per heavy atom. The van der Waals surface area contributed by atoms with Gasteiger partial charge in [0.25, 0.3) is 0 Å². The summed E-state index contributed by atoms with van der Waals surface area (Å²) in [6, 6.07) is 21.1. The predicted molar refractivity (Wildman–Crippen MR) is 111 cm³/mol. The van der Waals surface area contributed by atoms with E-state index in [2.05, 4.69) is 98.8 Å². The van der Waals surface area contributed by atoms with Crippen LogP contribution in [0.3, 0.4) is 0 Å². The molecule has 3 heteroatoms. The summed E-state index contributed by atoms with van der Waals surface area (Å²) in [6.07, 6.45) is 15.5. The van der Waals surface area contributed by atoms with Crippen LogP contribution in [0.15, 0.2) is 95.1 Å². The van der Waals surface area contributed by atoms with Gasteiger partial charge in [0.15, 0.2) is 0 Å². The summed E-state index contributed by atoms with van der Waals surface area (Å²) in [7, 11) is 0. The van der Waals surface area contributed by atoms with Crippen LogP contribution >= 0.6 is 0 Å². The van der Waals surface area contributed by atoms with Crippen LogP contribution in [0.25, 0.3) is 0 Å². The summed E-state index contributed by atoms with van der Waals surface area (Å²) < 4.78 is 0. The summed E-state index contributed by atoms with van der Waals surface area (Å²) in [6.45, 7) is 4.22. The molecule has 0 aliphatic heterocycles. The van der Waals surface area contributed by atoms with E-state index >= 15 is 0 Å². The van der Waals surface area contributed by atoms with Gasteiger partial charge in [-0.25, -0.2) is 35.5 Å². The molecule has 0 nitrogen and oxygen atoms in total. The fraction of sp³-hybridized carbons (Fsp3) is 0.231. The van der Waals surface area contributed by atoms with Crippen LogP contribution in [0.2, 0.25) is 0 Å². The van der Waals surface area contributed by atoms with Crippen molar-refractivity contribution < 1.29 is 51.0 Å². The van der Waals surface area contributed by atoms with Gasteiger partial charge in [0.05, 0.1) is 0 Å². The molecule has 0 atom stereocenters. The third kappa shape index (κ3) is 9.94. The minimum atomic E-state index is 0. The molecule has 0 amide bonds. The monoisotopic (exact) mass is 498 g/mol. The normalized spacial score (nSPS) is 13.9. The van der Waals surface area contributed by atoms with E-state index in [1.807, 2.05) is 0 Å². The van der Waals surface area contributed by atoms with Gasteiger partial charge in [-0.3, -0.25) is 0 Å². The molecule has 2 aliphatic rings. The maximum Gasteiger partial charge on any atom is 4.00 e. The maximum atomic E-state index is 3.38. The molecule has 2 aromatic rings. The fourth-order valence-corrected chi connectivity index (χ4v) is 3.23. The van der Waals surface area contributed by atoms with Gasteiger partial charge in [-0.1, -0.05) is 87.4 Å². The minimum Gasteiger partial charge on any atom is -1.00 e. The van der Waals surface area contributed by atoms with Crippen molar-refractivity contribution in [1.29, 1.82) is 0 Å². The minimum absolute atomic E-state index is 0. The van der Waals surface area contributed by atoms with E-state index < -0.39 is 0 Å². The largest absolute Gasteiger partial charge is 4.00 e. The quantitative estimate of drug-likeness (QED) is 0.541. The van der Waals surface area contributed by atoms with Crippen LogP contribution in [0.4, 0.5) is 0 Å². The van der Waals surface area contributed by atoms with Gasteiger partial charge >= 0.3 is 26.2 Å². The summed E-state index contributed by atoms with van der Waals surface area (Å²) in [5.41, 5.74) is 8.14. The molecule has 0 saturated carbocycles. The molecule has 2 aromatic carbocycles. The SMILES string of the molecule is CC1=CCC(Cc2ccccc2)=[C-]1.CC1=CCC(Cc2ccccc2)=[C-]1.[Cl-].[Cl-].[Zr+4]. The molecule has 0 aromatic heterocycles. The van der Waals surface area contributed by atoms with Crippen molar-refractivity contribution in [3.05, 3.63) is 118 Å². The van der Waals surface area contributed by atoms with Crippen molar-refractivity contribution in [3.63, 3.8) is 0 Å². The second-order valence-corrected chi connectivity index (χ2v) is 6.96. The molecule has 0 saturated heterocycles. The van der Waals surface area contributed by atoms with Crippen LogP contribution in [0.1, 0.15) is 37.8 Å². The molecule has 29 heavy (non-hydrogen) atoms. The summed E-state index contributed by atoms with van der Waals surface area (Å²) in [5, 5.41) is 0. The van der Waals surface area contributed by atoms with Crippen molar-refractivity contribution in [3.8, 4) is 0 Å². The maximum absolute atomic E-state index is 3.38. The summed E-state index contributed by atoms with van der Waals surface area (Å²) in [5.74, 6) is 0.